The van der Waals surface area contributed by atoms with E-state index in [0.29, 0.717) is 10.2 Å². The number of aliphatic hydroxyl groups is 1. The van der Waals surface area contributed by atoms with E-state index in [2.05, 4.69) is 15.9 Å². The van der Waals surface area contributed by atoms with E-state index in [4.69, 9.17) is 0 Å². The number of aliphatic hydroxyl groups excluding tert-OH is 1. The van der Waals surface area contributed by atoms with Crippen LogP contribution in [0, 0.1) is 11.8 Å². The summed E-state index contributed by atoms with van der Waals surface area (Å²) in [4.78, 5) is 29.0. The number of amides is 2. The molecule has 2 amide bonds. The highest BCUT2D eigenvalue weighted by atomic mass is 79.9. The molecule has 1 N–H and O–H groups in total. The average molecular weight is 460 g/mol. The second-order valence-electron chi connectivity index (χ2n) is 8.25. The molecule has 30 heavy (non-hydrogen) atoms. The highest BCUT2D eigenvalue weighted by Gasteiger charge is 2.68. The van der Waals surface area contributed by atoms with Crippen LogP contribution in [0.1, 0.15) is 28.2 Å². The van der Waals surface area contributed by atoms with Gasteiger partial charge in [-0.05, 0) is 50.3 Å². The van der Waals surface area contributed by atoms with E-state index in [9.17, 15) is 14.7 Å². The average Bonchev–Trinajstić information content (AvgIpc) is 3.05. The van der Waals surface area contributed by atoms with Crippen molar-refractivity contribution in [3.8, 4) is 0 Å². The molecule has 0 aromatic heterocycles. The van der Waals surface area contributed by atoms with Gasteiger partial charge in [0.2, 0.25) is 11.8 Å². The molecular weight excluding hydrogens is 442 g/mol. The SMILES string of the molecule is O=C1C2C3c4ccccc4C(CO)(c4ccccc43)C2C(=O)N1c1ccccc1Br. The van der Waals surface area contributed by atoms with E-state index in [1.165, 1.54) is 4.90 Å². The number of halogens is 1. The van der Waals surface area contributed by atoms with Gasteiger partial charge in [0, 0.05) is 10.4 Å². The summed E-state index contributed by atoms with van der Waals surface area (Å²) in [6, 6.07) is 23.2. The van der Waals surface area contributed by atoms with E-state index >= 15 is 0 Å². The fraction of sp³-hybridized carbons (Fsp3) is 0.200. The molecule has 1 aliphatic heterocycles. The van der Waals surface area contributed by atoms with Gasteiger partial charge >= 0.3 is 0 Å². The molecule has 1 fully saturated rings. The Balaban J connectivity index is 1.66. The molecule has 7 rings (SSSR count). The van der Waals surface area contributed by atoms with Crippen LogP contribution in [0.5, 0.6) is 0 Å². The molecule has 3 aromatic carbocycles. The number of imide groups is 1. The molecule has 148 valence electrons. The first kappa shape index (κ1) is 18.0. The van der Waals surface area contributed by atoms with Crippen LogP contribution in [-0.2, 0) is 15.0 Å². The Morgan fingerprint density at radius 1 is 0.833 bits per heavy atom. The number of anilines is 1. The first-order valence-electron chi connectivity index (χ1n) is 10.0. The van der Waals surface area contributed by atoms with Crippen molar-refractivity contribution in [2.24, 2.45) is 11.8 Å². The van der Waals surface area contributed by atoms with Crippen molar-refractivity contribution in [1.82, 2.24) is 0 Å². The van der Waals surface area contributed by atoms with Crippen LogP contribution in [0.3, 0.4) is 0 Å². The maximum absolute atomic E-state index is 13.8. The Labute approximate surface area is 182 Å². The zero-order chi connectivity index (χ0) is 20.6. The lowest BCUT2D eigenvalue weighted by atomic mass is 9.47. The van der Waals surface area contributed by atoms with Gasteiger partial charge < -0.3 is 5.11 Å². The van der Waals surface area contributed by atoms with Crippen molar-refractivity contribution < 1.29 is 14.7 Å². The third-order valence-electron chi connectivity index (χ3n) is 7.14. The second kappa shape index (κ2) is 6.13. The summed E-state index contributed by atoms with van der Waals surface area (Å²) in [6.45, 7) is -0.224. The molecule has 1 saturated heterocycles. The summed E-state index contributed by atoms with van der Waals surface area (Å²) in [5.74, 6) is -1.78. The normalized spacial score (nSPS) is 28.3. The van der Waals surface area contributed by atoms with Crippen molar-refractivity contribution in [2.75, 3.05) is 11.5 Å². The number of benzene rings is 3. The van der Waals surface area contributed by atoms with Crippen LogP contribution in [0.2, 0.25) is 0 Å². The van der Waals surface area contributed by atoms with Crippen molar-refractivity contribution in [1.29, 1.82) is 0 Å². The molecule has 4 aliphatic rings. The zero-order valence-corrected chi connectivity index (χ0v) is 17.5. The first-order valence-corrected chi connectivity index (χ1v) is 10.8. The number of nitrogens with zero attached hydrogens (tertiary/aromatic N) is 1. The smallest absolute Gasteiger partial charge is 0.239 e. The third kappa shape index (κ3) is 1.95. The fourth-order valence-corrected chi connectivity index (χ4v) is 6.53. The first-order chi connectivity index (χ1) is 14.6. The minimum absolute atomic E-state index is 0.191. The molecule has 0 spiro atoms. The number of carbonyl (C=O) groups excluding carboxylic acids is 2. The van der Waals surface area contributed by atoms with Crippen LogP contribution in [0.15, 0.2) is 77.3 Å². The molecule has 2 atom stereocenters. The van der Waals surface area contributed by atoms with Gasteiger partial charge in [0.15, 0.2) is 0 Å². The number of para-hydroxylation sites is 1. The summed E-state index contributed by atoms with van der Waals surface area (Å²) < 4.78 is 0.700. The number of carbonyl (C=O) groups is 2. The molecule has 0 saturated carbocycles. The van der Waals surface area contributed by atoms with Gasteiger partial charge in [0.25, 0.3) is 0 Å². The zero-order valence-electron chi connectivity index (χ0n) is 16.0. The van der Waals surface area contributed by atoms with Crippen molar-refractivity contribution >= 4 is 33.4 Å². The van der Waals surface area contributed by atoms with E-state index < -0.39 is 17.3 Å². The maximum atomic E-state index is 13.8. The van der Waals surface area contributed by atoms with E-state index in [1.54, 1.807) is 6.07 Å². The third-order valence-corrected chi connectivity index (χ3v) is 7.81. The molecule has 2 unspecified atom stereocenters. The molecule has 0 radical (unpaired) electrons. The standard InChI is InChI=1S/C25H18BrNO3/c26-18-11-5-6-12-19(18)27-23(29)21-20-14-7-1-3-9-16(14)25(13-28,22(21)24(27)30)17-10-4-2-8-15(17)20/h1-12,20-22,28H,13H2. The lowest BCUT2D eigenvalue weighted by molar-refractivity contribution is -0.124. The molecule has 2 bridgehead atoms. The minimum Gasteiger partial charge on any atom is -0.395 e. The quantitative estimate of drug-likeness (QED) is 0.589. The lowest BCUT2D eigenvalue weighted by Gasteiger charge is -2.53. The predicted molar refractivity (Wildman–Crippen MR) is 116 cm³/mol. The van der Waals surface area contributed by atoms with Crippen LogP contribution < -0.4 is 4.90 Å². The van der Waals surface area contributed by atoms with Gasteiger partial charge in [-0.1, -0.05) is 60.7 Å². The van der Waals surface area contributed by atoms with Crippen LogP contribution in [0.25, 0.3) is 0 Å². The van der Waals surface area contributed by atoms with Crippen molar-refractivity contribution in [3.05, 3.63) is 99.5 Å². The fourth-order valence-electron chi connectivity index (χ4n) is 6.07. The van der Waals surface area contributed by atoms with Crippen LogP contribution >= 0.6 is 15.9 Å². The highest BCUT2D eigenvalue weighted by molar-refractivity contribution is 9.10. The molecule has 1 heterocycles. The van der Waals surface area contributed by atoms with E-state index in [0.717, 1.165) is 22.3 Å². The Kier molecular flexibility index (Phi) is 3.68. The van der Waals surface area contributed by atoms with Crippen LogP contribution in [-0.4, -0.2) is 23.5 Å². The molecule has 3 aromatic rings. The van der Waals surface area contributed by atoms with Gasteiger partial charge in [-0.15, -0.1) is 0 Å². The second-order valence-corrected chi connectivity index (χ2v) is 9.10. The monoisotopic (exact) mass is 459 g/mol. The topological polar surface area (TPSA) is 57.6 Å². The predicted octanol–water partition coefficient (Wildman–Crippen LogP) is 3.99. The number of hydrogen-bond donors (Lipinski definition) is 1. The summed E-state index contributed by atoms with van der Waals surface area (Å²) in [6.07, 6.45) is 0. The summed E-state index contributed by atoms with van der Waals surface area (Å²) in [5.41, 5.74) is 3.65. The van der Waals surface area contributed by atoms with E-state index in [1.807, 2.05) is 66.7 Å². The van der Waals surface area contributed by atoms with Gasteiger partial charge in [0.05, 0.1) is 29.5 Å². The Bertz CT molecular complexity index is 1190. The van der Waals surface area contributed by atoms with Gasteiger partial charge in [0.1, 0.15) is 0 Å². The van der Waals surface area contributed by atoms with Crippen molar-refractivity contribution in [3.63, 3.8) is 0 Å². The summed E-state index contributed by atoms with van der Waals surface area (Å²) in [7, 11) is 0. The Morgan fingerprint density at radius 2 is 1.40 bits per heavy atom. The lowest BCUT2D eigenvalue weighted by Crippen LogP contribution is -2.55. The Hall–Kier alpha value is -2.76. The summed E-state index contributed by atoms with van der Waals surface area (Å²) in [5, 5.41) is 10.8. The van der Waals surface area contributed by atoms with Crippen molar-refractivity contribution in [2.45, 2.75) is 11.3 Å². The van der Waals surface area contributed by atoms with Gasteiger partial charge in [-0.3, -0.25) is 9.59 Å². The van der Waals surface area contributed by atoms with Gasteiger partial charge in [-0.2, -0.15) is 0 Å². The molecule has 5 heteroatoms. The van der Waals surface area contributed by atoms with Gasteiger partial charge in [-0.25, -0.2) is 4.90 Å². The number of rotatable bonds is 2. The van der Waals surface area contributed by atoms with E-state index in [-0.39, 0.29) is 24.3 Å². The number of hydrogen-bond acceptors (Lipinski definition) is 3. The molecule has 3 aliphatic carbocycles. The molecule has 4 nitrogen and oxygen atoms in total. The largest absolute Gasteiger partial charge is 0.395 e. The minimum atomic E-state index is -0.921. The highest BCUT2D eigenvalue weighted by Crippen LogP contribution is 2.64. The molecular formula is C25H18BrNO3. The summed E-state index contributed by atoms with van der Waals surface area (Å²) >= 11 is 3.50. The maximum Gasteiger partial charge on any atom is 0.239 e. The van der Waals surface area contributed by atoms with Crippen LogP contribution in [0.4, 0.5) is 5.69 Å². The Morgan fingerprint density at radius 3 is 2.00 bits per heavy atom.